The Labute approximate surface area is 169 Å². The number of piperidine rings is 1. The lowest BCUT2D eigenvalue weighted by Crippen LogP contribution is -2.39. The van der Waals surface area contributed by atoms with Gasteiger partial charge in [-0.25, -0.2) is 22.8 Å². The number of nitrogens with one attached hydrogen (secondary N) is 1. The fraction of sp³-hybridized carbons (Fsp3) is 0.333. The number of nitrogens with zero attached hydrogens (tertiary/aromatic N) is 3. The summed E-state index contributed by atoms with van der Waals surface area (Å²) in [4.78, 5) is 11.0. The lowest BCUT2D eigenvalue weighted by Gasteiger charge is -2.34. The van der Waals surface area contributed by atoms with Crippen LogP contribution in [0.15, 0.2) is 53.7 Å². The summed E-state index contributed by atoms with van der Waals surface area (Å²) in [5.41, 5.74) is 1.35. The first-order valence-electron chi connectivity index (χ1n) is 9.71. The van der Waals surface area contributed by atoms with Gasteiger partial charge in [-0.05, 0) is 49.2 Å². The molecule has 0 bridgehead atoms. The Bertz CT molecular complexity index is 1110. The molecule has 0 radical (unpaired) electrons. The fourth-order valence-electron chi connectivity index (χ4n) is 3.67. The molecule has 8 heteroatoms. The molecule has 0 spiro atoms. The topological polar surface area (TPSA) is 75.2 Å². The number of anilines is 2. The maximum atomic E-state index is 13.9. The summed E-state index contributed by atoms with van der Waals surface area (Å²) in [6.07, 6.45) is 3.18. The van der Waals surface area contributed by atoms with Crippen LogP contribution in [-0.2, 0) is 9.84 Å². The van der Waals surface area contributed by atoms with Gasteiger partial charge in [0.25, 0.3) is 0 Å². The van der Waals surface area contributed by atoms with Crippen molar-refractivity contribution >= 4 is 32.2 Å². The summed E-state index contributed by atoms with van der Waals surface area (Å²) in [6.45, 7) is 3.33. The molecular formula is C21H23FN4O2S. The van der Waals surface area contributed by atoms with E-state index in [0.29, 0.717) is 21.6 Å². The van der Waals surface area contributed by atoms with Gasteiger partial charge < -0.3 is 10.2 Å². The maximum Gasteiger partial charge on any atom is 0.178 e. The van der Waals surface area contributed by atoms with Crippen LogP contribution in [-0.4, -0.2) is 43.3 Å². The van der Waals surface area contributed by atoms with Crippen molar-refractivity contribution in [2.75, 3.05) is 29.1 Å². The second-order valence-electron chi connectivity index (χ2n) is 7.16. The molecule has 6 nitrogen and oxygen atoms in total. The largest absolute Gasteiger partial charge is 0.371 e. The third-order valence-electron chi connectivity index (χ3n) is 5.39. The van der Waals surface area contributed by atoms with E-state index in [1.54, 1.807) is 25.1 Å². The van der Waals surface area contributed by atoms with E-state index in [2.05, 4.69) is 20.2 Å². The Balaban J connectivity index is 1.42. The number of sulfone groups is 1. The predicted molar refractivity (Wildman–Crippen MR) is 113 cm³/mol. The maximum absolute atomic E-state index is 13.9. The van der Waals surface area contributed by atoms with Gasteiger partial charge in [0, 0.05) is 30.2 Å². The van der Waals surface area contributed by atoms with Crippen LogP contribution < -0.4 is 10.2 Å². The normalized spacial score (nSPS) is 15.6. The molecule has 0 aliphatic carbocycles. The highest BCUT2D eigenvalue weighted by Gasteiger charge is 2.21. The zero-order chi connectivity index (χ0) is 20.4. The molecule has 3 aromatic rings. The van der Waals surface area contributed by atoms with E-state index in [4.69, 9.17) is 0 Å². The molecule has 1 saturated heterocycles. The zero-order valence-corrected chi connectivity index (χ0v) is 17.0. The molecule has 1 fully saturated rings. The van der Waals surface area contributed by atoms with Crippen molar-refractivity contribution in [2.45, 2.75) is 30.7 Å². The van der Waals surface area contributed by atoms with Gasteiger partial charge in [-0.3, -0.25) is 0 Å². The number of aromatic nitrogens is 2. The molecule has 152 valence electrons. The first-order valence-corrected chi connectivity index (χ1v) is 11.4. The van der Waals surface area contributed by atoms with Crippen LogP contribution in [0.3, 0.4) is 0 Å². The van der Waals surface area contributed by atoms with Gasteiger partial charge in [0.05, 0.1) is 10.6 Å². The molecule has 1 N–H and O–H groups in total. The third kappa shape index (κ3) is 4.03. The third-order valence-corrected chi connectivity index (χ3v) is 7.14. The Morgan fingerprint density at radius 3 is 2.52 bits per heavy atom. The number of hydrogen-bond acceptors (Lipinski definition) is 6. The van der Waals surface area contributed by atoms with Crippen LogP contribution >= 0.6 is 0 Å². The van der Waals surface area contributed by atoms with E-state index in [-0.39, 0.29) is 17.6 Å². The van der Waals surface area contributed by atoms with Crippen molar-refractivity contribution in [3.63, 3.8) is 0 Å². The fourth-order valence-corrected chi connectivity index (χ4v) is 4.56. The number of hydrogen-bond donors (Lipinski definition) is 1. The van der Waals surface area contributed by atoms with E-state index in [9.17, 15) is 12.8 Å². The van der Waals surface area contributed by atoms with E-state index in [1.165, 1.54) is 12.4 Å². The minimum atomic E-state index is -3.18. The molecule has 0 saturated carbocycles. The lowest BCUT2D eigenvalue weighted by molar-refractivity contribution is 0.525. The van der Waals surface area contributed by atoms with Crippen molar-refractivity contribution in [1.29, 1.82) is 0 Å². The average Bonchev–Trinajstić information content (AvgIpc) is 2.75. The molecule has 1 aromatic heterocycles. The highest BCUT2D eigenvalue weighted by atomic mass is 32.2. The lowest BCUT2D eigenvalue weighted by atomic mass is 10.0. The van der Waals surface area contributed by atoms with Gasteiger partial charge in [0.2, 0.25) is 0 Å². The molecule has 2 heterocycles. The number of halogens is 1. The van der Waals surface area contributed by atoms with Crippen molar-refractivity contribution in [3.8, 4) is 0 Å². The molecular weight excluding hydrogens is 391 g/mol. The van der Waals surface area contributed by atoms with Gasteiger partial charge >= 0.3 is 0 Å². The number of fused-ring (bicyclic) bond motifs is 1. The summed E-state index contributed by atoms with van der Waals surface area (Å²) in [5, 5.41) is 4.12. The minimum Gasteiger partial charge on any atom is -0.371 e. The Morgan fingerprint density at radius 1 is 1.10 bits per heavy atom. The molecule has 0 amide bonds. The molecule has 1 aliphatic rings. The minimum absolute atomic E-state index is 0.102. The van der Waals surface area contributed by atoms with E-state index < -0.39 is 9.84 Å². The van der Waals surface area contributed by atoms with Crippen molar-refractivity contribution < 1.29 is 12.8 Å². The van der Waals surface area contributed by atoms with E-state index >= 15 is 0 Å². The average molecular weight is 415 g/mol. The Kier molecular flexibility index (Phi) is 5.36. The summed E-state index contributed by atoms with van der Waals surface area (Å²) < 4.78 is 37.9. The van der Waals surface area contributed by atoms with E-state index in [1.807, 2.05) is 18.2 Å². The first kappa shape index (κ1) is 19.6. The molecule has 29 heavy (non-hydrogen) atoms. The molecule has 0 unspecified atom stereocenters. The zero-order valence-electron chi connectivity index (χ0n) is 16.2. The highest BCUT2D eigenvalue weighted by Crippen LogP contribution is 2.26. The van der Waals surface area contributed by atoms with Crippen molar-refractivity contribution in [3.05, 3.63) is 54.6 Å². The van der Waals surface area contributed by atoms with Crippen molar-refractivity contribution in [2.24, 2.45) is 0 Å². The number of para-hydroxylation sites is 1. The summed E-state index contributed by atoms with van der Waals surface area (Å²) >= 11 is 0. The van der Waals surface area contributed by atoms with Crippen LogP contribution in [0.5, 0.6) is 0 Å². The molecule has 4 rings (SSSR count). The first-order chi connectivity index (χ1) is 14.0. The second-order valence-corrected chi connectivity index (χ2v) is 9.44. The Morgan fingerprint density at radius 2 is 1.83 bits per heavy atom. The van der Waals surface area contributed by atoms with Gasteiger partial charge in [0.15, 0.2) is 9.84 Å². The number of rotatable bonds is 5. The monoisotopic (exact) mass is 414 g/mol. The van der Waals surface area contributed by atoms with Crippen LogP contribution in [0.25, 0.3) is 10.9 Å². The highest BCUT2D eigenvalue weighted by molar-refractivity contribution is 7.91. The SMILES string of the molecule is CCS(=O)(=O)c1ccc(N2CCC(Nc3ncnc4c(F)cccc34)CC2)cc1. The van der Waals surface area contributed by atoms with Crippen molar-refractivity contribution in [1.82, 2.24) is 9.97 Å². The van der Waals surface area contributed by atoms with Crippen LogP contribution in [0.4, 0.5) is 15.9 Å². The smallest absolute Gasteiger partial charge is 0.178 e. The summed E-state index contributed by atoms with van der Waals surface area (Å²) in [5.74, 6) is 0.406. The van der Waals surface area contributed by atoms with E-state index in [0.717, 1.165) is 31.6 Å². The molecule has 2 aromatic carbocycles. The predicted octanol–water partition coefficient (Wildman–Crippen LogP) is 3.64. The molecule has 0 atom stereocenters. The van der Waals surface area contributed by atoms with Gasteiger partial charge in [-0.15, -0.1) is 0 Å². The van der Waals surface area contributed by atoms with Gasteiger partial charge in [-0.2, -0.15) is 0 Å². The summed E-state index contributed by atoms with van der Waals surface area (Å²) in [7, 11) is -3.18. The molecule has 1 aliphatic heterocycles. The standard InChI is InChI=1S/C21H23FN4O2S/c1-2-29(27,28)17-8-6-16(7-9-17)26-12-10-15(11-13-26)25-21-18-4-3-5-19(22)20(18)23-14-24-21/h3-9,14-15H,2,10-13H2,1H3,(H,23,24,25). The van der Waals surface area contributed by atoms with Crippen LogP contribution in [0, 0.1) is 5.82 Å². The number of benzene rings is 2. The second kappa shape index (κ2) is 7.94. The van der Waals surface area contributed by atoms with Crippen LogP contribution in [0.2, 0.25) is 0 Å². The Hall–Kier alpha value is -2.74. The van der Waals surface area contributed by atoms with Crippen LogP contribution in [0.1, 0.15) is 19.8 Å². The summed E-state index contributed by atoms with van der Waals surface area (Å²) in [6, 6.07) is 12.2. The quantitative estimate of drug-likeness (QED) is 0.687. The van der Waals surface area contributed by atoms with Gasteiger partial charge in [-0.1, -0.05) is 13.0 Å². The van der Waals surface area contributed by atoms with Gasteiger partial charge in [0.1, 0.15) is 23.5 Å².